The molecule has 2 heterocycles. The lowest BCUT2D eigenvalue weighted by atomic mass is 9.99. The highest BCUT2D eigenvalue weighted by Gasteiger charge is 2.45. The lowest BCUT2D eigenvalue weighted by Crippen LogP contribution is -2.60. The predicted molar refractivity (Wildman–Crippen MR) is 127 cm³/mol. The molecule has 0 unspecified atom stereocenters. The Kier molecular flexibility index (Phi) is 7.83. The smallest absolute Gasteiger partial charge is 0.317 e. The van der Waals surface area contributed by atoms with Gasteiger partial charge in [0.05, 0.1) is 18.1 Å². The third-order valence-electron chi connectivity index (χ3n) is 5.85. The normalized spacial score (nSPS) is 23.1. The highest BCUT2D eigenvalue weighted by atomic mass is 16.7. The molecule has 4 rings (SSSR count). The molecule has 38 heavy (non-hydrogen) atoms. The Bertz CT molecular complexity index is 1380. The summed E-state index contributed by atoms with van der Waals surface area (Å²) in [6.45, 7) is -0.624. The first-order valence-corrected chi connectivity index (χ1v) is 11.3. The average molecular weight is 532 g/mol. The molecule has 0 aliphatic carbocycles. The van der Waals surface area contributed by atoms with Crippen LogP contribution in [0.15, 0.2) is 51.9 Å². The van der Waals surface area contributed by atoms with Crippen molar-refractivity contribution in [2.45, 2.75) is 37.1 Å². The quantitative estimate of drug-likeness (QED) is 0.197. The fourth-order valence-corrected chi connectivity index (χ4v) is 3.86. The highest BCUT2D eigenvalue weighted by Crippen LogP contribution is 2.35. The van der Waals surface area contributed by atoms with E-state index < -0.39 is 61.1 Å². The summed E-state index contributed by atoms with van der Waals surface area (Å²) in [5.41, 5.74) is 0.451. The minimum absolute atomic E-state index is 0.0350. The van der Waals surface area contributed by atoms with E-state index >= 15 is 0 Å². The maximum Gasteiger partial charge on any atom is 0.317 e. The van der Waals surface area contributed by atoms with Crippen LogP contribution in [0.5, 0.6) is 17.2 Å². The van der Waals surface area contributed by atoms with Gasteiger partial charge in [0.1, 0.15) is 55.0 Å². The monoisotopic (exact) mass is 532 g/mol. The summed E-state index contributed by atoms with van der Waals surface area (Å²) < 4.78 is 26.9. The Morgan fingerprint density at radius 3 is 2.37 bits per heavy atom. The van der Waals surface area contributed by atoms with Gasteiger partial charge in [0, 0.05) is 6.07 Å². The van der Waals surface area contributed by atoms with Crippen LogP contribution < -0.4 is 14.9 Å². The van der Waals surface area contributed by atoms with Crippen LogP contribution in [0.1, 0.15) is 6.42 Å². The zero-order valence-corrected chi connectivity index (χ0v) is 19.8. The van der Waals surface area contributed by atoms with Crippen LogP contribution >= 0.6 is 0 Å². The summed E-state index contributed by atoms with van der Waals surface area (Å²) >= 11 is 0. The van der Waals surface area contributed by atoms with Crippen LogP contribution in [0.3, 0.4) is 0 Å². The molecule has 202 valence electrons. The van der Waals surface area contributed by atoms with Crippen molar-refractivity contribution in [3.8, 4) is 28.4 Å². The number of rotatable bonds is 8. The van der Waals surface area contributed by atoms with E-state index in [9.17, 15) is 34.8 Å². The minimum atomic E-state index is -1.77. The zero-order valence-electron chi connectivity index (χ0n) is 19.8. The van der Waals surface area contributed by atoms with Gasteiger partial charge in [-0.3, -0.25) is 14.4 Å². The lowest BCUT2D eigenvalue weighted by molar-refractivity contribution is -0.278. The van der Waals surface area contributed by atoms with Crippen molar-refractivity contribution in [3.63, 3.8) is 0 Å². The Labute approximate surface area is 214 Å². The van der Waals surface area contributed by atoms with Crippen LogP contribution in [-0.2, 0) is 19.1 Å². The molecule has 13 heteroatoms. The lowest BCUT2D eigenvalue weighted by Gasteiger charge is -2.40. The third-order valence-corrected chi connectivity index (χ3v) is 5.85. The molecule has 1 fully saturated rings. The van der Waals surface area contributed by atoms with Gasteiger partial charge in [-0.05, 0) is 23.8 Å². The van der Waals surface area contributed by atoms with E-state index in [1.807, 2.05) is 0 Å². The van der Waals surface area contributed by atoms with E-state index in [-0.39, 0.29) is 33.8 Å². The average Bonchev–Trinajstić information content (AvgIpc) is 2.88. The van der Waals surface area contributed by atoms with Crippen LogP contribution in [0, 0.1) is 0 Å². The predicted octanol–water partition coefficient (Wildman–Crippen LogP) is 0.378. The molecule has 1 aliphatic rings. The topological polar surface area (TPSA) is 202 Å². The number of phenols is 1. The molecular weight excluding hydrogens is 508 g/mol. The second-order valence-corrected chi connectivity index (χ2v) is 8.41. The molecule has 0 radical (unpaired) electrons. The molecule has 1 aliphatic heterocycles. The molecule has 1 saturated heterocycles. The van der Waals surface area contributed by atoms with Gasteiger partial charge < -0.3 is 48.9 Å². The number of aromatic hydroxyl groups is 1. The Balaban J connectivity index is 1.59. The second kappa shape index (κ2) is 11.1. The molecule has 5 atom stereocenters. The van der Waals surface area contributed by atoms with E-state index in [2.05, 4.69) is 0 Å². The highest BCUT2D eigenvalue weighted by molar-refractivity contribution is 5.90. The number of methoxy groups -OCH3 is 1. The van der Waals surface area contributed by atoms with Crippen LogP contribution in [0.2, 0.25) is 0 Å². The van der Waals surface area contributed by atoms with E-state index in [0.29, 0.717) is 5.56 Å². The number of hydrogen-bond donors (Lipinski definition) is 5. The zero-order chi connectivity index (χ0) is 27.6. The maximum atomic E-state index is 13.1. The molecule has 1 aromatic heterocycles. The van der Waals surface area contributed by atoms with Gasteiger partial charge in [-0.15, -0.1) is 0 Å². The van der Waals surface area contributed by atoms with Crippen molar-refractivity contribution in [3.05, 3.63) is 52.9 Å². The second-order valence-electron chi connectivity index (χ2n) is 8.41. The number of esters is 1. The summed E-state index contributed by atoms with van der Waals surface area (Å²) in [4.78, 5) is 35.3. The molecule has 3 aromatic rings. The number of aliphatic hydroxyl groups excluding tert-OH is 3. The van der Waals surface area contributed by atoms with E-state index in [1.54, 1.807) is 12.1 Å². The van der Waals surface area contributed by atoms with Crippen LogP contribution in [0.4, 0.5) is 0 Å². The first kappa shape index (κ1) is 26.9. The molecule has 0 saturated carbocycles. The summed E-state index contributed by atoms with van der Waals surface area (Å²) in [5, 5.41) is 49.2. The number of phenolic OH excluding ortho intramolecular Hbond substituents is 1. The van der Waals surface area contributed by atoms with Crippen molar-refractivity contribution in [1.29, 1.82) is 0 Å². The number of fused-ring (bicyclic) bond motifs is 1. The van der Waals surface area contributed by atoms with Gasteiger partial charge in [0.25, 0.3) is 0 Å². The maximum absolute atomic E-state index is 13.1. The van der Waals surface area contributed by atoms with Gasteiger partial charge in [0.2, 0.25) is 11.7 Å². The number of aliphatic carboxylic acids is 1. The van der Waals surface area contributed by atoms with Crippen LogP contribution in [-0.4, -0.2) is 81.9 Å². The number of aliphatic hydroxyl groups is 3. The minimum Gasteiger partial charge on any atom is -0.508 e. The van der Waals surface area contributed by atoms with Gasteiger partial charge in [0.15, 0.2) is 11.5 Å². The number of carboxylic acids is 1. The van der Waals surface area contributed by atoms with Crippen molar-refractivity contribution in [1.82, 2.24) is 0 Å². The molecule has 2 aromatic carbocycles. The van der Waals surface area contributed by atoms with Crippen molar-refractivity contribution < 1.29 is 58.5 Å². The Hall–Kier alpha value is -4.17. The van der Waals surface area contributed by atoms with Gasteiger partial charge in [-0.25, -0.2) is 0 Å². The summed E-state index contributed by atoms with van der Waals surface area (Å²) in [6.07, 6.45) is -7.84. The number of ether oxygens (including phenoxy) is 4. The molecule has 5 N–H and O–H groups in total. The van der Waals surface area contributed by atoms with Gasteiger partial charge >= 0.3 is 11.9 Å². The fourth-order valence-electron chi connectivity index (χ4n) is 3.86. The molecule has 0 spiro atoms. The van der Waals surface area contributed by atoms with Gasteiger partial charge in [-0.2, -0.15) is 0 Å². The Morgan fingerprint density at radius 2 is 1.71 bits per heavy atom. The van der Waals surface area contributed by atoms with E-state index in [1.165, 1.54) is 37.6 Å². The first-order valence-electron chi connectivity index (χ1n) is 11.3. The Morgan fingerprint density at radius 1 is 1.00 bits per heavy atom. The number of hydrogen-bond acceptors (Lipinski definition) is 12. The molecule has 13 nitrogen and oxygen atoms in total. The van der Waals surface area contributed by atoms with Gasteiger partial charge in [-0.1, -0.05) is 12.1 Å². The first-order chi connectivity index (χ1) is 18.1. The van der Waals surface area contributed by atoms with Crippen LogP contribution in [0.25, 0.3) is 22.1 Å². The number of benzene rings is 2. The molecule has 0 amide bonds. The molecular formula is C25H24O13. The van der Waals surface area contributed by atoms with Crippen molar-refractivity contribution in [2.24, 2.45) is 0 Å². The number of carboxylic acid groups (broad SMARTS) is 1. The molecule has 0 bridgehead atoms. The fraction of sp³-hybridized carbons (Fsp3) is 0.320. The SMILES string of the molecule is COc1cc2c(=O)c(-c3ccc(O)cc3)coc2cc1O[C@@H]1O[C@H](COC(=O)CC(=O)O)[C@@H](O)[C@H](O)[C@H]1O. The summed E-state index contributed by atoms with van der Waals surface area (Å²) in [6, 6.07) is 8.63. The standard InChI is InChI=1S/C25H24O13/c1-34-16-6-13-15(35-9-14(21(13)30)11-2-4-12(26)5-3-11)7-17(16)37-25-24(33)23(32)22(31)18(38-25)10-36-20(29)8-19(27)28/h2-7,9,18,22-26,31-33H,8,10H2,1H3,(H,27,28)/t18-,22-,23+,24-,25-/m1/s1. The van der Waals surface area contributed by atoms with E-state index in [4.69, 9.17) is 28.5 Å². The summed E-state index contributed by atoms with van der Waals surface area (Å²) in [7, 11) is 1.31. The third kappa shape index (κ3) is 5.55. The van der Waals surface area contributed by atoms with E-state index in [0.717, 1.165) is 0 Å². The van der Waals surface area contributed by atoms with Crippen molar-refractivity contribution in [2.75, 3.05) is 13.7 Å². The van der Waals surface area contributed by atoms with Crippen molar-refractivity contribution >= 4 is 22.9 Å². The largest absolute Gasteiger partial charge is 0.508 e. The number of carbonyl (C=O) groups excluding carboxylic acids is 1. The summed E-state index contributed by atoms with van der Waals surface area (Å²) in [5.74, 6) is -2.47. The number of carbonyl (C=O) groups is 2.